The van der Waals surface area contributed by atoms with Crippen LogP contribution in [0.4, 0.5) is 0 Å². The van der Waals surface area contributed by atoms with Crippen LogP contribution in [0.5, 0.6) is 17.2 Å². The topological polar surface area (TPSA) is 133 Å². The molecule has 4 rings (SSSR count). The van der Waals surface area contributed by atoms with E-state index < -0.39 is 11.9 Å². The fourth-order valence-electron chi connectivity index (χ4n) is 4.36. The zero-order valence-corrected chi connectivity index (χ0v) is 21.8. The Hall–Kier alpha value is -4.54. The number of esters is 1. The van der Waals surface area contributed by atoms with Gasteiger partial charge in [0.2, 0.25) is 0 Å². The SMILES string of the molecule is COC(=O)CC(c1ccc(OCc2nccn2C)c(OC)c1)c1c(O)cc(C)n(CCc2cnc[nH]2)c1=O. The number of aryl methyl sites for hydroxylation is 3. The van der Waals surface area contributed by atoms with Gasteiger partial charge in [0.1, 0.15) is 18.2 Å². The van der Waals surface area contributed by atoms with Crippen molar-refractivity contribution in [1.82, 2.24) is 24.1 Å². The molecule has 0 saturated carbocycles. The summed E-state index contributed by atoms with van der Waals surface area (Å²) in [5, 5.41) is 10.9. The van der Waals surface area contributed by atoms with E-state index in [2.05, 4.69) is 15.0 Å². The van der Waals surface area contributed by atoms with Crippen molar-refractivity contribution in [2.45, 2.75) is 38.8 Å². The van der Waals surface area contributed by atoms with E-state index in [0.29, 0.717) is 35.7 Å². The lowest BCUT2D eigenvalue weighted by Crippen LogP contribution is -2.29. The molecule has 1 atom stereocenters. The van der Waals surface area contributed by atoms with Crippen LogP contribution in [-0.2, 0) is 36.2 Å². The summed E-state index contributed by atoms with van der Waals surface area (Å²) in [7, 11) is 4.67. The molecule has 11 heteroatoms. The van der Waals surface area contributed by atoms with Crippen molar-refractivity contribution < 1.29 is 24.1 Å². The molecule has 0 fully saturated rings. The van der Waals surface area contributed by atoms with Crippen LogP contribution < -0.4 is 15.0 Å². The highest BCUT2D eigenvalue weighted by molar-refractivity contribution is 5.71. The van der Waals surface area contributed by atoms with Crippen LogP contribution in [-0.4, -0.2) is 49.4 Å². The Bertz CT molecular complexity index is 1460. The Kier molecular flexibility index (Phi) is 8.15. The number of methoxy groups -OCH3 is 2. The Labute approximate surface area is 219 Å². The smallest absolute Gasteiger partial charge is 0.306 e. The summed E-state index contributed by atoms with van der Waals surface area (Å²) in [4.78, 5) is 37.4. The van der Waals surface area contributed by atoms with Gasteiger partial charge in [-0.1, -0.05) is 6.07 Å². The number of nitrogens with zero attached hydrogens (tertiary/aromatic N) is 4. The number of hydrogen-bond donors (Lipinski definition) is 2. The van der Waals surface area contributed by atoms with Crippen molar-refractivity contribution in [2.75, 3.05) is 14.2 Å². The number of benzene rings is 1. The third-order valence-corrected chi connectivity index (χ3v) is 6.50. The van der Waals surface area contributed by atoms with E-state index >= 15 is 0 Å². The fraction of sp³-hybridized carbons (Fsp3) is 0.333. The van der Waals surface area contributed by atoms with Crippen molar-refractivity contribution in [3.8, 4) is 17.2 Å². The van der Waals surface area contributed by atoms with Gasteiger partial charge < -0.3 is 33.4 Å². The molecule has 0 bridgehead atoms. The Morgan fingerprint density at radius 3 is 2.68 bits per heavy atom. The maximum absolute atomic E-state index is 13.7. The van der Waals surface area contributed by atoms with E-state index in [9.17, 15) is 14.7 Å². The minimum absolute atomic E-state index is 0.106. The summed E-state index contributed by atoms with van der Waals surface area (Å²) >= 11 is 0. The molecule has 2 N–H and O–H groups in total. The lowest BCUT2D eigenvalue weighted by Gasteiger charge is -2.21. The van der Waals surface area contributed by atoms with E-state index in [1.807, 2.05) is 17.8 Å². The van der Waals surface area contributed by atoms with Gasteiger partial charge in [0.25, 0.3) is 5.56 Å². The Morgan fingerprint density at radius 1 is 1.21 bits per heavy atom. The van der Waals surface area contributed by atoms with Crippen LogP contribution in [0.2, 0.25) is 0 Å². The number of aromatic amines is 1. The predicted molar refractivity (Wildman–Crippen MR) is 138 cm³/mol. The van der Waals surface area contributed by atoms with E-state index in [1.54, 1.807) is 48.4 Å². The molecule has 200 valence electrons. The van der Waals surface area contributed by atoms with Crippen molar-refractivity contribution in [2.24, 2.45) is 7.05 Å². The number of carbonyl (C=O) groups excluding carboxylic acids is 1. The van der Waals surface area contributed by atoms with Crippen molar-refractivity contribution in [3.63, 3.8) is 0 Å². The van der Waals surface area contributed by atoms with E-state index in [1.165, 1.54) is 20.3 Å². The molecule has 3 aromatic heterocycles. The maximum atomic E-state index is 13.7. The Balaban J connectivity index is 1.71. The molecule has 0 spiro atoms. The average molecular weight is 522 g/mol. The van der Waals surface area contributed by atoms with Gasteiger partial charge in [-0.15, -0.1) is 0 Å². The van der Waals surface area contributed by atoms with Gasteiger partial charge in [-0.05, 0) is 30.7 Å². The molecule has 3 heterocycles. The average Bonchev–Trinajstić information content (AvgIpc) is 3.58. The van der Waals surface area contributed by atoms with Crippen molar-refractivity contribution in [1.29, 1.82) is 0 Å². The number of ether oxygens (including phenoxy) is 3. The molecular weight excluding hydrogens is 490 g/mol. The summed E-state index contributed by atoms with van der Waals surface area (Å²) in [6.07, 6.45) is 7.18. The van der Waals surface area contributed by atoms with Crippen LogP contribution in [0.1, 0.15) is 40.7 Å². The third-order valence-electron chi connectivity index (χ3n) is 6.50. The number of imidazole rings is 2. The zero-order chi connectivity index (χ0) is 27.2. The molecule has 0 amide bonds. The van der Waals surface area contributed by atoms with Crippen LogP contribution in [0.25, 0.3) is 0 Å². The number of nitrogens with one attached hydrogen (secondary N) is 1. The lowest BCUT2D eigenvalue weighted by atomic mass is 9.88. The standard InChI is InChI=1S/C27H31N5O6/c1-17-11-21(33)26(27(35)32(17)9-7-19-14-28-16-30-19)20(13-25(34)37-4)18-5-6-22(23(12-18)36-3)38-15-24-29-8-10-31(24)2/h5-6,8,10-12,14,16,20,33H,7,9,13,15H2,1-4H3,(H,28,30). The molecule has 4 aromatic rings. The minimum Gasteiger partial charge on any atom is -0.507 e. The first-order valence-corrected chi connectivity index (χ1v) is 12.1. The number of aromatic nitrogens is 5. The molecule has 1 unspecified atom stereocenters. The first kappa shape index (κ1) is 26.5. The second kappa shape index (κ2) is 11.7. The first-order valence-electron chi connectivity index (χ1n) is 12.1. The van der Waals surface area contributed by atoms with Crippen molar-refractivity contribution in [3.05, 3.63) is 87.9 Å². The summed E-state index contributed by atoms with van der Waals surface area (Å²) in [6, 6.07) is 6.70. The van der Waals surface area contributed by atoms with Crippen LogP contribution in [0.15, 0.2) is 54.0 Å². The molecule has 0 aliphatic heterocycles. The number of pyridine rings is 1. The normalized spacial score (nSPS) is 11.8. The molecule has 0 aliphatic rings. The quantitative estimate of drug-likeness (QED) is 0.288. The predicted octanol–water partition coefficient (Wildman–Crippen LogP) is 2.84. The van der Waals surface area contributed by atoms with Gasteiger partial charge in [0.15, 0.2) is 11.5 Å². The van der Waals surface area contributed by atoms with Crippen LogP contribution >= 0.6 is 0 Å². The monoisotopic (exact) mass is 521 g/mol. The fourth-order valence-corrected chi connectivity index (χ4v) is 4.36. The number of aromatic hydroxyl groups is 1. The number of rotatable bonds is 11. The highest BCUT2D eigenvalue weighted by atomic mass is 16.5. The highest BCUT2D eigenvalue weighted by Gasteiger charge is 2.27. The van der Waals surface area contributed by atoms with E-state index in [4.69, 9.17) is 14.2 Å². The number of carbonyl (C=O) groups is 1. The summed E-state index contributed by atoms with van der Waals surface area (Å²) in [6.45, 7) is 2.35. The van der Waals surface area contributed by atoms with Gasteiger partial charge in [-0.25, -0.2) is 9.97 Å². The highest BCUT2D eigenvalue weighted by Crippen LogP contribution is 2.37. The molecule has 1 aromatic carbocycles. The molecular formula is C27H31N5O6. The number of H-pyrrole nitrogens is 1. The minimum atomic E-state index is -0.786. The van der Waals surface area contributed by atoms with E-state index in [-0.39, 0.29) is 29.9 Å². The van der Waals surface area contributed by atoms with Gasteiger partial charge in [0.05, 0.1) is 32.5 Å². The second-order valence-corrected chi connectivity index (χ2v) is 8.85. The molecule has 0 radical (unpaired) electrons. The van der Waals surface area contributed by atoms with Gasteiger partial charge in [0, 0.05) is 55.9 Å². The number of hydrogen-bond acceptors (Lipinski definition) is 8. The largest absolute Gasteiger partial charge is 0.507 e. The van der Waals surface area contributed by atoms with Crippen LogP contribution in [0.3, 0.4) is 0 Å². The van der Waals surface area contributed by atoms with Crippen LogP contribution in [0, 0.1) is 6.92 Å². The third kappa shape index (κ3) is 5.72. The van der Waals surface area contributed by atoms with Gasteiger partial charge in [-0.3, -0.25) is 9.59 Å². The molecule has 38 heavy (non-hydrogen) atoms. The molecule has 0 aliphatic carbocycles. The summed E-state index contributed by atoms with van der Waals surface area (Å²) in [5.74, 6) is 0.131. The Morgan fingerprint density at radius 2 is 2.03 bits per heavy atom. The molecule has 0 saturated heterocycles. The second-order valence-electron chi connectivity index (χ2n) is 8.85. The molecule has 11 nitrogen and oxygen atoms in total. The van der Waals surface area contributed by atoms with Gasteiger partial charge in [-0.2, -0.15) is 0 Å². The maximum Gasteiger partial charge on any atom is 0.306 e. The van der Waals surface area contributed by atoms with Gasteiger partial charge >= 0.3 is 5.97 Å². The van der Waals surface area contributed by atoms with Crippen molar-refractivity contribution >= 4 is 5.97 Å². The summed E-state index contributed by atoms with van der Waals surface area (Å²) < 4.78 is 19.8. The van der Waals surface area contributed by atoms with E-state index in [0.717, 1.165) is 11.5 Å². The first-order chi connectivity index (χ1) is 18.3. The zero-order valence-electron chi connectivity index (χ0n) is 21.8. The lowest BCUT2D eigenvalue weighted by molar-refractivity contribution is -0.140. The summed E-state index contributed by atoms with van der Waals surface area (Å²) in [5.41, 5.74) is 1.79.